The first-order chi connectivity index (χ1) is 8.42. The molecule has 0 radical (unpaired) electrons. The van der Waals surface area contributed by atoms with Crippen molar-refractivity contribution < 1.29 is 27.8 Å². The van der Waals surface area contributed by atoms with Crippen LogP contribution < -0.4 is 0 Å². The van der Waals surface area contributed by atoms with E-state index in [0.29, 0.717) is 32.7 Å². The van der Waals surface area contributed by atoms with Crippen LogP contribution in [0.4, 0.5) is 13.2 Å². The number of carbonyl (C=O) groups excluding carboxylic acids is 1. The van der Waals surface area contributed by atoms with Gasteiger partial charge in [-0.05, 0) is 0 Å². The molecule has 1 aliphatic rings. The van der Waals surface area contributed by atoms with Gasteiger partial charge in [-0.15, -0.1) is 0 Å². The van der Waals surface area contributed by atoms with Crippen LogP contribution in [-0.2, 0) is 9.53 Å². The quantitative estimate of drug-likeness (QED) is 0.745. The molecule has 0 aliphatic carbocycles. The van der Waals surface area contributed by atoms with Crippen LogP contribution >= 0.6 is 0 Å². The molecule has 1 amide bonds. The maximum Gasteiger partial charge on any atom is 0.411 e. The number of aliphatic hydroxyl groups is 1. The second-order valence-electron chi connectivity index (χ2n) is 4.05. The molecule has 0 saturated carbocycles. The summed E-state index contributed by atoms with van der Waals surface area (Å²) in [6, 6.07) is 0. The Kier molecular flexibility index (Phi) is 5.83. The van der Waals surface area contributed by atoms with E-state index in [4.69, 9.17) is 5.11 Å². The van der Waals surface area contributed by atoms with Gasteiger partial charge in [0.25, 0.3) is 0 Å². The molecule has 1 rings (SSSR count). The molecule has 0 spiro atoms. The van der Waals surface area contributed by atoms with E-state index in [1.165, 1.54) is 4.90 Å². The van der Waals surface area contributed by atoms with Crippen LogP contribution in [0, 0.1) is 0 Å². The van der Waals surface area contributed by atoms with Gasteiger partial charge in [-0.1, -0.05) is 0 Å². The molecule has 8 heteroatoms. The Morgan fingerprint density at radius 1 is 1.22 bits per heavy atom. The molecule has 5 nitrogen and oxygen atoms in total. The highest BCUT2D eigenvalue weighted by Gasteiger charge is 2.28. The lowest BCUT2D eigenvalue weighted by Crippen LogP contribution is -2.50. The number of rotatable bonds is 5. The molecule has 1 aliphatic heterocycles. The minimum atomic E-state index is -4.40. The number of alkyl halides is 3. The molecule has 1 saturated heterocycles. The fraction of sp³-hybridized carbons (Fsp3) is 0.900. The fourth-order valence-corrected chi connectivity index (χ4v) is 1.71. The highest BCUT2D eigenvalue weighted by Crippen LogP contribution is 2.14. The van der Waals surface area contributed by atoms with E-state index in [0.717, 1.165) is 0 Å². The van der Waals surface area contributed by atoms with Crippen molar-refractivity contribution in [2.75, 3.05) is 52.5 Å². The predicted molar refractivity (Wildman–Crippen MR) is 57.0 cm³/mol. The normalized spacial score (nSPS) is 18.1. The van der Waals surface area contributed by atoms with Gasteiger partial charge in [-0.2, -0.15) is 13.2 Å². The summed E-state index contributed by atoms with van der Waals surface area (Å²) in [5.41, 5.74) is 0. The Morgan fingerprint density at radius 2 is 1.83 bits per heavy atom. The molecule has 1 fully saturated rings. The number of amides is 1. The lowest BCUT2D eigenvalue weighted by molar-refractivity contribution is -0.178. The number of hydrogen-bond acceptors (Lipinski definition) is 4. The van der Waals surface area contributed by atoms with Gasteiger partial charge >= 0.3 is 6.18 Å². The average molecular weight is 270 g/mol. The minimum absolute atomic E-state index is 0.0582. The van der Waals surface area contributed by atoms with Crippen LogP contribution in [0.5, 0.6) is 0 Å². The van der Waals surface area contributed by atoms with Crippen molar-refractivity contribution in [3.63, 3.8) is 0 Å². The highest BCUT2D eigenvalue weighted by atomic mass is 19.4. The van der Waals surface area contributed by atoms with E-state index in [1.807, 2.05) is 4.90 Å². The molecule has 106 valence electrons. The standard InChI is InChI=1S/C10H17F3N2O3/c11-10(12,13)8-18-7-9(17)15-3-1-14(2-4-15)5-6-16/h16H,1-8H2. The summed E-state index contributed by atoms with van der Waals surface area (Å²) in [5, 5.41) is 8.74. The lowest BCUT2D eigenvalue weighted by Gasteiger charge is -2.34. The molecule has 18 heavy (non-hydrogen) atoms. The number of piperazine rings is 1. The zero-order valence-electron chi connectivity index (χ0n) is 9.95. The number of hydrogen-bond donors (Lipinski definition) is 1. The molecule has 1 N–H and O–H groups in total. The van der Waals surface area contributed by atoms with Crippen molar-refractivity contribution in [3.05, 3.63) is 0 Å². The van der Waals surface area contributed by atoms with Crippen LogP contribution in [0.25, 0.3) is 0 Å². The molecule has 0 atom stereocenters. The Hall–Kier alpha value is -0.860. The van der Waals surface area contributed by atoms with Crippen molar-refractivity contribution >= 4 is 5.91 Å². The second-order valence-corrected chi connectivity index (χ2v) is 4.05. The van der Waals surface area contributed by atoms with Crippen LogP contribution in [-0.4, -0.2) is 79.5 Å². The predicted octanol–water partition coefficient (Wildman–Crippen LogP) is -0.298. The van der Waals surface area contributed by atoms with E-state index in [-0.39, 0.29) is 6.61 Å². The number of carbonyl (C=O) groups is 1. The maximum atomic E-state index is 11.8. The van der Waals surface area contributed by atoms with Crippen LogP contribution in [0.3, 0.4) is 0 Å². The number of halogens is 3. The van der Waals surface area contributed by atoms with Gasteiger partial charge in [0.05, 0.1) is 6.61 Å². The molecule has 0 unspecified atom stereocenters. The number of aliphatic hydroxyl groups excluding tert-OH is 1. The summed E-state index contributed by atoms with van der Waals surface area (Å²) in [6.45, 7) is 0.803. The molecule has 0 bridgehead atoms. The summed E-state index contributed by atoms with van der Waals surface area (Å²) >= 11 is 0. The first kappa shape index (κ1) is 15.2. The maximum absolute atomic E-state index is 11.8. The molecule has 1 heterocycles. The SMILES string of the molecule is O=C(COCC(F)(F)F)N1CCN(CCO)CC1. The van der Waals surface area contributed by atoms with Gasteiger partial charge in [0.2, 0.25) is 5.91 Å². The molecule has 0 aromatic heterocycles. The van der Waals surface area contributed by atoms with Gasteiger partial charge in [0.1, 0.15) is 13.2 Å². The Balaban J connectivity index is 2.20. The van der Waals surface area contributed by atoms with Crippen LogP contribution in [0.2, 0.25) is 0 Å². The largest absolute Gasteiger partial charge is 0.411 e. The summed E-state index contributed by atoms with van der Waals surface area (Å²) < 4.78 is 39.7. The summed E-state index contributed by atoms with van der Waals surface area (Å²) in [6.07, 6.45) is -4.40. The van der Waals surface area contributed by atoms with Crippen molar-refractivity contribution in [1.29, 1.82) is 0 Å². The molecular weight excluding hydrogens is 253 g/mol. The first-order valence-corrected chi connectivity index (χ1v) is 5.68. The first-order valence-electron chi connectivity index (χ1n) is 5.68. The minimum Gasteiger partial charge on any atom is -0.395 e. The van der Waals surface area contributed by atoms with Gasteiger partial charge in [0, 0.05) is 32.7 Å². The van der Waals surface area contributed by atoms with E-state index >= 15 is 0 Å². The van der Waals surface area contributed by atoms with Gasteiger partial charge < -0.3 is 14.7 Å². The third kappa shape index (κ3) is 5.65. The Labute approximate surface area is 103 Å². The van der Waals surface area contributed by atoms with E-state index in [1.54, 1.807) is 0 Å². The smallest absolute Gasteiger partial charge is 0.395 e. The number of ether oxygens (including phenoxy) is 1. The van der Waals surface area contributed by atoms with Crippen molar-refractivity contribution in [2.45, 2.75) is 6.18 Å². The highest BCUT2D eigenvalue weighted by molar-refractivity contribution is 5.77. The lowest BCUT2D eigenvalue weighted by atomic mass is 10.3. The van der Waals surface area contributed by atoms with Gasteiger partial charge in [0.15, 0.2) is 0 Å². The number of β-amino-alcohol motifs (C(OH)–C–C–N with tert-alkyl or cyclic N) is 1. The van der Waals surface area contributed by atoms with E-state index in [2.05, 4.69) is 4.74 Å². The second kappa shape index (κ2) is 6.91. The van der Waals surface area contributed by atoms with Crippen molar-refractivity contribution in [2.24, 2.45) is 0 Å². The summed E-state index contributed by atoms with van der Waals surface area (Å²) in [4.78, 5) is 15.0. The zero-order chi connectivity index (χ0) is 13.6. The summed E-state index contributed by atoms with van der Waals surface area (Å²) in [7, 11) is 0. The van der Waals surface area contributed by atoms with Gasteiger partial charge in [-0.3, -0.25) is 9.69 Å². The topological polar surface area (TPSA) is 53.0 Å². The van der Waals surface area contributed by atoms with Gasteiger partial charge in [-0.25, -0.2) is 0 Å². The number of nitrogens with zero attached hydrogens (tertiary/aromatic N) is 2. The fourth-order valence-electron chi connectivity index (χ4n) is 1.71. The average Bonchev–Trinajstić information content (AvgIpc) is 2.28. The Bertz CT molecular complexity index is 266. The summed E-state index contributed by atoms with van der Waals surface area (Å²) in [5.74, 6) is -0.428. The molecular formula is C10H17F3N2O3. The zero-order valence-corrected chi connectivity index (χ0v) is 9.95. The van der Waals surface area contributed by atoms with E-state index in [9.17, 15) is 18.0 Å². The Morgan fingerprint density at radius 3 is 2.33 bits per heavy atom. The molecule has 0 aromatic rings. The van der Waals surface area contributed by atoms with E-state index < -0.39 is 25.3 Å². The third-order valence-electron chi connectivity index (χ3n) is 2.63. The monoisotopic (exact) mass is 270 g/mol. The molecule has 0 aromatic carbocycles. The van der Waals surface area contributed by atoms with Crippen molar-refractivity contribution in [3.8, 4) is 0 Å². The van der Waals surface area contributed by atoms with Crippen LogP contribution in [0.1, 0.15) is 0 Å². The third-order valence-corrected chi connectivity index (χ3v) is 2.63. The van der Waals surface area contributed by atoms with Crippen molar-refractivity contribution in [1.82, 2.24) is 9.80 Å². The van der Waals surface area contributed by atoms with Crippen LogP contribution in [0.15, 0.2) is 0 Å².